The van der Waals surface area contributed by atoms with Crippen molar-refractivity contribution in [3.8, 4) is 5.88 Å². The van der Waals surface area contributed by atoms with Crippen LogP contribution in [0.2, 0.25) is 0 Å². The average molecular weight is 182 g/mol. The van der Waals surface area contributed by atoms with Gasteiger partial charge in [-0.15, -0.1) is 0 Å². The van der Waals surface area contributed by atoms with Gasteiger partial charge in [-0.25, -0.2) is 9.78 Å². The molecule has 1 aromatic rings. The summed E-state index contributed by atoms with van der Waals surface area (Å²) in [5.41, 5.74) is 0.795. The number of aromatic nitrogens is 1. The summed E-state index contributed by atoms with van der Waals surface area (Å²) in [5.74, 6) is -0.0400. The second kappa shape index (κ2) is 4.30. The molecular weight excluding hydrogens is 172 g/mol. The first-order chi connectivity index (χ1) is 6.22. The van der Waals surface area contributed by atoms with Crippen molar-refractivity contribution in [1.82, 2.24) is 10.3 Å². The third-order valence-electron chi connectivity index (χ3n) is 1.43. The summed E-state index contributed by atoms with van der Waals surface area (Å²) in [6.07, 6.45) is 0.985. The van der Waals surface area contributed by atoms with Crippen molar-refractivity contribution in [2.45, 2.75) is 6.54 Å². The number of nitrogens with one attached hydrogen (secondary N) is 1. The molecule has 13 heavy (non-hydrogen) atoms. The van der Waals surface area contributed by atoms with Crippen LogP contribution in [0.5, 0.6) is 5.88 Å². The highest BCUT2D eigenvalue weighted by atomic mass is 16.5. The summed E-state index contributed by atoms with van der Waals surface area (Å²) < 4.78 is 4.38. The molecule has 5 heteroatoms. The average Bonchev–Trinajstić information content (AvgIpc) is 2.16. The first-order valence-electron chi connectivity index (χ1n) is 3.68. The van der Waals surface area contributed by atoms with Gasteiger partial charge in [0.1, 0.15) is 0 Å². The fourth-order valence-corrected chi connectivity index (χ4v) is 0.768. The normalized spacial score (nSPS) is 9.31. The first-order valence-corrected chi connectivity index (χ1v) is 3.68. The predicted molar refractivity (Wildman–Crippen MR) is 45.1 cm³/mol. The lowest BCUT2D eigenvalue weighted by molar-refractivity contribution is 0.170. The highest BCUT2D eigenvalue weighted by Gasteiger charge is 1.98. The van der Waals surface area contributed by atoms with Gasteiger partial charge in [0.25, 0.3) is 0 Å². The summed E-state index contributed by atoms with van der Waals surface area (Å²) in [6, 6.07) is 3.12. The standard InChI is InChI=1S/C8H10N2O3/c1-13-8(12)10-5-6-2-3-7(11)9-4-6/h2-4H,5H2,1H3,(H,9,11)(H,10,12). The van der Waals surface area contributed by atoms with Crippen molar-refractivity contribution >= 4 is 6.09 Å². The van der Waals surface area contributed by atoms with E-state index in [0.717, 1.165) is 5.56 Å². The van der Waals surface area contributed by atoms with Crippen molar-refractivity contribution in [2.24, 2.45) is 0 Å². The molecule has 0 aliphatic heterocycles. The number of alkyl carbamates (subject to hydrolysis) is 1. The van der Waals surface area contributed by atoms with Gasteiger partial charge in [-0.1, -0.05) is 6.07 Å². The Kier molecular flexibility index (Phi) is 3.08. The molecule has 1 rings (SSSR count). The first kappa shape index (κ1) is 9.31. The lowest BCUT2D eigenvalue weighted by Gasteiger charge is -2.02. The second-order valence-corrected chi connectivity index (χ2v) is 2.37. The molecule has 0 radical (unpaired) electrons. The number of rotatable bonds is 2. The number of carbonyl (C=O) groups excluding carboxylic acids is 1. The minimum absolute atomic E-state index is 0.0400. The van der Waals surface area contributed by atoms with Gasteiger partial charge < -0.3 is 15.2 Å². The minimum Gasteiger partial charge on any atom is -0.493 e. The van der Waals surface area contributed by atoms with Crippen LogP contribution in [0.3, 0.4) is 0 Å². The Labute approximate surface area is 75.4 Å². The molecule has 0 aliphatic rings. The molecule has 0 aromatic carbocycles. The van der Waals surface area contributed by atoms with Crippen LogP contribution >= 0.6 is 0 Å². The van der Waals surface area contributed by atoms with E-state index in [9.17, 15) is 4.79 Å². The van der Waals surface area contributed by atoms with Crippen LogP contribution in [0.1, 0.15) is 5.56 Å². The van der Waals surface area contributed by atoms with E-state index in [1.165, 1.54) is 19.4 Å². The molecule has 0 saturated carbocycles. The van der Waals surface area contributed by atoms with Crippen molar-refractivity contribution < 1.29 is 14.6 Å². The summed E-state index contributed by atoms with van der Waals surface area (Å²) >= 11 is 0. The second-order valence-electron chi connectivity index (χ2n) is 2.37. The molecule has 0 bridgehead atoms. The molecule has 0 fully saturated rings. The number of hydrogen-bond acceptors (Lipinski definition) is 4. The van der Waals surface area contributed by atoms with E-state index in [4.69, 9.17) is 5.11 Å². The molecule has 5 nitrogen and oxygen atoms in total. The summed E-state index contributed by atoms with van der Waals surface area (Å²) in [4.78, 5) is 14.3. The highest BCUT2D eigenvalue weighted by Crippen LogP contribution is 2.04. The number of aromatic hydroxyl groups is 1. The molecule has 0 aliphatic carbocycles. The predicted octanol–water partition coefficient (Wildman–Crippen LogP) is 0.643. The van der Waals surface area contributed by atoms with Crippen LogP contribution in [0, 0.1) is 0 Å². The molecule has 1 heterocycles. The van der Waals surface area contributed by atoms with Crippen molar-refractivity contribution in [3.63, 3.8) is 0 Å². The molecule has 1 amide bonds. The Balaban J connectivity index is 2.46. The zero-order chi connectivity index (χ0) is 9.68. The Bertz CT molecular complexity index is 284. The van der Waals surface area contributed by atoms with Gasteiger partial charge in [-0.2, -0.15) is 0 Å². The Morgan fingerprint density at radius 2 is 2.46 bits per heavy atom. The molecule has 0 atom stereocenters. The Morgan fingerprint density at radius 3 is 3.00 bits per heavy atom. The lowest BCUT2D eigenvalue weighted by Crippen LogP contribution is -2.22. The summed E-state index contributed by atoms with van der Waals surface area (Å²) in [7, 11) is 1.30. The molecule has 1 aromatic heterocycles. The minimum atomic E-state index is -0.493. The van der Waals surface area contributed by atoms with E-state index in [2.05, 4.69) is 15.0 Å². The number of ether oxygens (including phenoxy) is 1. The Morgan fingerprint density at radius 1 is 1.69 bits per heavy atom. The van der Waals surface area contributed by atoms with Crippen LogP contribution in [-0.2, 0) is 11.3 Å². The largest absolute Gasteiger partial charge is 0.493 e. The van der Waals surface area contributed by atoms with E-state index in [0.29, 0.717) is 6.54 Å². The number of pyridine rings is 1. The fourth-order valence-electron chi connectivity index (χ4n) is 0.768. The molecule has 0 spiro atoms. The zero-order valence-corrected chi connectivity index (χ0v) is 7.15. The van der Waals surface area contributed by atoms with E-state index in [1.54, 1.807) is 6.07 Å². The van der Waals surface area contributed by atoms with Crippen LogP contribution in [0.4, 0.5) is 4.79 Å². The third-order valence-corrected chi connectivity index (χ3v) is 1.43. The van der Waals surface area contributed by atoms with Gasteiger partial charge in [0.05, 0.1) is 7.11 Å². The lowest BCUT2D eigenvalue weighted by atomic mass is 10.3. The van der Waals surface area contributed by atoms with E-state index >= 15 is 0 Å². The molecule has 70 valence electrons. The smallest absolute Gasteiger partial charge is 0.407 e. The van der Waals surface area contributed by atoms with E-state index < -0.39 is 6.09 Å². The number of amides is 1. The van der Waals surface area contributed by atoms with Crippen LogP contribution in [0.15, 0.2) is 18.3 Å². The maximum absolute atomic E-state index is 10.6. The molecular formula is C8H10N2O3. The zero-order valence-electron chi connectivity index (χ0n) is 7.15. The molecule has 0 unspecified atom stereocenters. The maximum Gasteiger partial charge on any atom is 0.407 e. The van der Waals surface area contributed by atoms with Gasteiger partial charge in [0.2, 0.25) is 5.88 Å². The van der Waals surface area contributed by atoms with E-state index in [1.807, 2.05) is 0 Å². The highest BCUT2D eigenvalue weighted by molar-refractivity contribution is 5.66. The van der Waals surface area contributed by atoms with Crippen molar-refractivity contribution in [2.75, 3.05) is 7.11 Å². The quantitative estimate of drug-likeness (QED) is 0.704. The van der Waals surface area contributed by atoms with Gasteiger partial charge in [-0.05, 0) is 5.56 Å². The van der Waals surface area contributed by atoms with Crippen molar-refractivity contribution in [3.05, 3.63) is 23.9 Å². The number of methoxy groups -OCH3 is 1. The molecule has 0 saturated heterocycles. The van der Waals surface area contributed by atoms with Gasteiger partial charge in [-0.3, -0.25) is 0 Å². The van der Waals surface area contributed by atoms with Gasteiger partial charge >= 0.3 is 6.09 Å². The van der Waals surface area contributed by atoms with Crippen LogP contribution < -0.4 is 5.32 Å². The van der Waals surface area contributed by atoms with Gasteiger partial charge in [0, 0.05) is 18.8 Å². The fraction of sp³-hybridized carbons (Fsp3) is 0.250. The number of nitrogens with zero attached hydrogens (tertiary/aromatic N) is 1. The third kappa shape index (κ3) is 2.98. The maximum atomic E-state index is 10.6. The van der Waals surface area contributed by atoms with Gasteiger partial charge in [0.15, 0.2) is 0 Å². The van der Waals surface area contributed by atoms with Crippen LogP contribution in [-0.4, -0.2) is 23.3 Å². The molecule has 2 N–H and O–H groups in total. The van der Waals surface area contributed by atoms with E-state index in [-0.39, 0.29) is 5.88 Å². The summed E-state index contributed by atoms with van der Waals surface area (Å²) in [6.45, 7) is 0.333. The number of carbonyl (C=O) groups is 1. The monoisotopic (exact) mass is 182 g/mol. The SMILES string of the molecule is COC(=O)NCc1ccc(O)nc1. The number of hydrogen-bond donors (Lipinski definition) is 2. The van der Waals surface area contributed by atoms with Crippen LogP contribution in [0.25, 0.3) is 0 Å². The topological polar surface area (TPSA) is 71.5 Å². The Hall–Kier alpha value is -1.78. The van der Waals surface area contributed by atoms with Crippen molar-refractivity contribution in [1.29, 1.82) is 0 Å². The summed E-state index contributed by atoms with van der Waals surface area (Å²) in [5, 5.41) is 11.3.